The Bertz CT molecular complexity index is 710. The van der Waals surface area contributed by atoms with Gasteiger partial charge in [-0.15, -0.1) is 0 Å². The van der Waals surface area contributed by atoms with E-state index < -0.39 is 0 Å². The van der Waals surface area contributed by atoms with Gasteiger partial charge in [0.2, 0.25) is 0 Å². The van der Waals surface area contributed by atoms with E-state index >= 15 is 0 Å². The molecule has 0 saturated heterocycles. The minimum atomic E-state index is -0.304. The Morgan fingerprint density at radius 3 is 2.90 bits per heavy atom. The van der Waals surface area contributed by atoms with E-state index in [0.717, 1.165) is 0 Å². The molecular formula is C15H15N3O3. The van der Waals surface area contributed by atoms with E-state index in [4.69, 9.17) is 15.0 Å². The monoisotopic (exact) mass is 285 g/mol. The van der Waals surface area contributed by atoms with Gasteiger partial charge in [0.1, 0.15) is 11.5 Å². The summed E-state index contributed by atoms with van der Waals surface area (Å²) in [7, 11) is 1.54. The van der Waals surface area contributed by atoms with Crippen molar-refractivity contribution >= 4 is 11.7 Å². The van der Waals surface area contributed by atoms with Crippen molar-refractivity contribution in [2.75, 3.05) is 19.0 Å². The summed E-state index contributed by atoms with van der Waals surface area (Å²) in [6.45, 7) is 1.98. The van der Waals surface area contributed by atoms with Gasteiger partial charge in [-0.05, 0) is 25.1 Å². The van der Waals surface area contributed by atoms with E-state index in [9.17, 15) is 4.79 Å². The Balaban J connectivity index is 2.24. The first-order valence-electron chi connectivity index (χ1n) is 6.25. The summed E-state index contributed by atoms with van der Waals surface area (Å²) in [5, 5.41) is 6.35. The van der Waals surface area contributed by atoms with Gasteiger partial charge in [0.25, 0.3) is 5.91 Å². The Morgan fingerprint density at radius 2 is 2.29 bits per heavy atom. The summed E-state index contributed by atoms with van der Waals surface area (Å²) in [5.41, 5.74) is 6.40. The number of carbonyl (C=O) groups is 1. The number of carbonyl (C=O) groups excluding carboxylic acids is 1. The Morgan fingerprint density at radius 1 is 1.48 bits per heavy atom. The van der Waals surface area contributed by atoms with E-state index in [0.29, 0.717) is 28.5 Å². The number of aryl methyl sites for hydroxylation is 1. The second kappa shape index (κ2) is 6.59. The summed E-state index contributed by atoms with van der Waals surface area (Å²) in [5.74, 6) is 6.88. The molecule has 0 saturated carbocycles. The molecule has 0 spiro atoms. The van der Waals surface area contributed by atoms with Crippen molar-refractivity contribution in [1.29, 1.82) is 0 Å². The summed E-state index contributed by atoms with van der Waals surface area (Å²) >= 11 is 0. The zero-order valence-corrected chi connectivity index (χ0v) is 11.8. The van der Waals surface area contributed by atoms with Crippen molar-refractivity contribution in [2.45, 2.75) is 6.92 Å². The molecule has 0 atom stereocenters. The first-order chi connectivity index (χ1) is 10.1. The second-order valence-electron chi connectivity index (χ2n) is 4.20. The summed E-state index contributed by atoms with van der Waals surface area (Å²) in [4.78, 5) is 12.1. The standard InChI is InChI=1S/C15H15N3O3/c1-10-8-14(18-21-10)17-15(19)12-5-6-13(20-2)11(9-12)4-3-7-16/h5-6,8-9H,7,16H2,1-2H3,(H,17,18,19). The highest BCUT2D eigenvalue weighted by atomic mass is 16.5. The van der Waals surface area contributed by atoms with E-state index in [-0.39, 0.29) is 12.5 Å². The number of amides is 1. The number of nitrogens with one attached hydrogen (secondary N) is 1. The lowest BCUT2D eigenvalue weighted by molar-refractivity contribution is 0.102. The van der Waals surface area contributed by atoms with Gasteiger partial charge in [0, 0.05) is 11.6 Å². The Hall–Kier alpha value is -2.78. The normalized spacial score (nSPS) is 9.67. The average Bonchev–Trinajstić information content (AvgIpc) is 2.89. The number of aromatic nitrogens is 1. The number of ether oxygens (including phenoxy) is 1. The average molecular weight is 285 g/mol. The number of benzene rings is 1. The Kier molecular flexibility index (Phi) is 4.59. The molecule has 1 heterocycles. The highest BCUT2D eigenvalue weighted by Gasteiger charge is 2.11. The summed E-state index contributed by atoms with van der Waals surface area (Å²) in [6, 6.07) is 6.61. The first-order valence-corrected chi connectivity index (χ1v) is 6.25. The largest absolute Gasteiger partial charge is 0.495 e. The van der Waals surface area contributed by atoms with Gasteiger partial charge in [-0.25, -0.2) is 0 Å². The fourth-order valence-electron chi connectivity index (χ4n) is 1.71. The van der Waals surface area contributed by atoms with E-state index in [1.54, 1.807) is 38.3 Å². The lowest BCUT2D eigenvalue weighted by Gasteiger charge is -2.06. The number of rotatable bonds is 3. The van der Waals surface area contributed by atoms with Crippen LogP contribution < -0.4 is 15.8 Å². The molecule has 0 aliphatic rings. The predicted molar refractivity (Wildman–Crippen MR) is 78.1 cm³/mol. The SMILES string of the molecule is COc1ccc(C(=O)Nc2cc(C)on2)cc1C#CCN. The topological polar surface area (TPSA) is 90.4 Å². The van der Waals surface area contributed by atoms with Crippen LogP contribution in [0.5, 0.6) is 5.75 Å². The Labute approximate surface area is 122 Å². The molecule has 6 heteroatoms. The van der Waals surface area contributed by atoms with Gasteiger partial charge >= 0.3 is 0 Å². The predicted octanol–water partition coefficient (Wildman–Crippen LogP) is 1.55. The van der Waals surface area contributed by atoms with Crippen molar-refractivity contribution in [3.63, 3.8) is 0 Å². The molecule has 0 aliphatic heterocycles. The van der Waals surface area contributed by atoms with Gasteiger partial charge in [0.05, 0.1) is 19.2 Å². The fourth-order valence-corrected chi connectivity index (χ4v) is 1.71. The van der Waals surface area contributed by atoms with Crippen molar-refractivity contribution in [3.05, 3.63) is 41.2 Å². The lowest BCUT2D eigenvalue weighted by atomic mass is 10.1. The number of nitrogens with two attached hydrogens (primary N) is 1. The molecule has 0 bridgehead atoms. The van der Waals surface area contributed by atoms with Crippen molar-refractivity contribution in [3.8, 4) is 17.6 Å². The third-order valence-electron chi connectivity index (χ3n) is 2.66. The van der Waals surface area contributed by atoms with Crippen LogP contribution >= 0.6 is 0 Å². The highest BCUT2D eigenvalue weighted by Crippen LogP contribution is 2.19. The van der Waals surface area contributed by atoms with E-state index in [1.807, 2.05) is 0 Å². The lowest BCUT2D eigenvalue weighted by Crippen LogP contribution is -2.12. The van der Waals surface area contributed by atoms with Gasteiger partial charge in [-0.3, -0.25) is 4.79 Å². The molecule has 0 fully saturated rings. The van der Waals surface area contributed by atoms with Crippen LogP contribution in [0.15, 0.2) is 28.8 Å². The molecule has 3 N–H and O–H groups in total. The minimum Gasteiger partial charge on any atom is -0.495 e. The molecular weight excluding hydrogens is 270 g/mol. The van der Waals surface area contributed by atoms with Crippen molar-refractivity contribution in [2.24, 2.45) is 5.73 Å². The third-order valence-corrected chi connectivity index (χ3v) is 2.66. The van der Waals surface area contributed by atoms with Crippen molar-refractivity contribution in [1.82, 2.24) is 5.16 Å². The molecule has 2 aromatic rings. The zero-order chi connectivity index (χ0) is 15.2. The van der Waals surface area contributed by atoms with Crippen molar-refractivity contribution < 1.29 is 14.1 Å². The number of nitrogens with zero attached hydrogens (tertiary/aromatic N) is 1. The number of hydrogen-bond acceptors (Lipinski definition) is 5. The summed E-state index contributed by atoms with van der Waals surface area (Å²) < 4.78 is 10.1. The van der Waals surface area contributed by atoms with Gasteiger partial charge in [-0.1, -0.05) is 17.0 Å². The van der Waals surface area contributed by atoms with Crippen LogP contribution in [0.4, 0.5) is 5.82 Å². The van der Waals surface area contributed by atoms with Crippen LogP contribution in [0.1, 0.15) is 21.7 Å². The molecule has 1 amide bonds. The molecule has 0 radical (unpaired) electrons. The number of methoxy groups -OCH3 is 1. The maximum absolute atomic E-state index is 12.1. The van der Waals surface area contributed by atoms with Gasteiger partial charge in [-0.2, -0.15) is 0 Å². The van der Waals surface area contributed by atoms with Crippen LogP contribution in [0.2, 0.25) is 0 Å². The van der Waals surface area contributed by atoms with Crippen LogP contribution in [-0.2, 0) is 0 Å². The maximum Gasteiger partial charge on any atom is 0.256 e. The maximum atomic E-state index is 12.1. The molecule has 6 nitrogen and oxygen atoms in total. The van der Waals surface area contributed by atoms with E-state index in [1.165, 1.54) is 0 Å². The molecule has 0 unspecified atom stereocenters. The molecule has 2 rings (SSSR count). The molecule has 108 valence electrons. The summed E-state index contributed by atoms with van der Waals surface area (Å²) in [6.07, 6.45) is 0. The van der Waals surface area contributed by atoms with Crippen LogP contribution in [-0.4, -0.2) is 24.7 Å². The zero-order valence-electron chi connectivity index (χ0n) is 11.8. The number of anilines is 1. The fraction of sp³-hybridized carbons (Fsp3) is 0.200. The minimum absolute atomic E-state index is 0.234. The molecule has 1 aromatic carbocycles. The van der Waals surface area contributed by atoms with Gasteiger partial charge in [0.15, 0.2) is 5.82 Å². The van der Waals surface area contributed by atoms with Gasteiger partial charge < -0.3 is 20.3 Å². The molecule has 0 aliphatic carbocycles. The van der Waals surface area contributed by atoms with E-state index in [2.05, 4.69) is 22.3 Å². The third kappa shape index (κ3) is 3.61. The van der Waals surface area contributed by atoms with Crippen LogP contribution in [0.3, 0.4) is 0 Å². The van der Waals surface area contributed by atoms with Crippen LogP contribution in [0.25, 0.3) is 0 Å². The quantitative estimate of drug-likeness (QED) is 0.835. The molecule has 1 aromatic heterocycles. The smallest absolute Gasteiger partial charge is 0.256 e. The highest BCUT2D eigenvalue weighted by molar-refractivity contribution is 6.04. The second-order valence-corrected chi connectivity index (χ2v) is 4.20. The number of hydrogen-bond donors (Lipinski definition) is 2. The van der Waals surface area contributed by atoms with Crippen LogP contribution in [0, 0.1) is 18.8 Å². The molecule has 21 heavy (non-hydrogen) atoms. The first kappa shape index (κ1) is 14.6.